The lowest BCUT2D eigenvalue weighted by Gasteiger charge is -2.27. The molecule has 0 radical (unpaired) electrons. The third kappa shape index (κ3) is 21.5. The lowest BCUT2D eigenvalue weighted by molar-refractivity contribution is 0.0264. The van der Waals surface area contributed by atoms with Crippen LogP contribution in [-0.2, 0) is 23.7 Å². The topological polar surface area (TPSA) is 230 Å². The summed E-state index contributed by atoms with van der Waals surface area (Å²) in [6, 6.07) is 23.7. The zero-order chi connectivity index (χ0) is 60.1. The Hall–Kier alpha value is -7.67. The van der Waals surface area contributed by atoms with Gasteiger partial charge < -0.3 is 39.2 Å². The molecular weight excluding hydrogens is 1060 g/mol. The molecule has 2 N–H and O–H groups in total. The molecule has 0 spiro atoms. The fourth-order valence-electron chi connectivity index (χ4n) is 9.25. The van der Waals surface area contributed by atoms with Crippen molar-refractivity contribution in [3.63, 3.8) is 0 Å². The molecule has 19 heteroatoms. The van der Waals surface area contributed by atoms with Crippen LogP contribution >= 0.6 is 0 Å². The summed E-state index contributed by atoms with van der Waals surface area (Å²) in [5.74, 6) is -0.606. The number of benzene rings is 4. The van der Waals surface area contributed by atoms with Gasteiger partial charge in [0.2, 0.25) is 17.8 Å². The minimum Gasteiger partial charge on any atom is -0.462 e. The van der Waals surface area contributed by atoms with Gasteiger partial charge in [-0.15, -0.1) is 0 Å². The molecule has 0 amide bonds. The van der Waals surface area contributed by atoms with Gasteiger partial charge in [0.25, 0.3) is 0 Å². The fourth-order valence-corrected chi connectivity index (χ4v) is 9.25. The number of rotatable bonds is 35. The molecule has 4 aromatic carbocycles. The highest BCUT2D eigenvalue weighted by Gasteiger charge is 2.23. The lowest BCUT2D eigenvalue weighted by Crippen LogP contribution is -2.37. The standard InChI is InChI=1S/C65H88N10O9/c1-9-17-21-45(13-5)43-81-59(76)47-37-48(60(77)82-44-46(14-6)22-18-10-2)40-55(39-47)73-71-53-29-25-51(26-30-53)66-63-68-64(70-65(69-63)75-33-35-80-36-34-75)67-52-27-31-54(32-28-52)72-74-56-41-49(61(78)83-57(15-7)23-19-11-3)38-50(42-56)62(79)84-58(16-8)24-20-12-4/h25-32,37-42,45-46,57-58H,9-24,33-36,43-44H2,1-8H3,(H2,66,67,68,69,70). The summed E-state index contributed by atoms with van der Waals surface area (Å²) in [6.45, 7) is 19.5. The van der Waals surface area contributed by atoms with Crippen molar-refractivity contribution in [2.24, 2.45) is 32.3 Å². The molecule has 84 heavy (non-hydrogen) atoms. The van der Waals surface area contributed by atoms with Crippen molar-refractivity contribution in [3.05, 3.63) is 107 Å². The summed E-state index contributed by atoms with van der Waals surface area (Å²) in [5, 5.41) is 24.5. The van der Waals surface area contributed by atoms with E-state index in [0.29, 0.717) is 92.4 Å². The van der Waals surface area contributed by atoms with Crippen LogP contribution < -0.4 is 15.5 Å². The first-order valence-corrected chi connectivity index (χ1v) is 30.6. The van der Waals surface area contributed by atoms with Crippen LogP contribution in [0, 0.1) is 11.8 Å². The van der Waals surface area contributed by atoms with Gasteiger partial charge in [0.05, 0.1) is 71.4 Å². The van der Waals surface area contributed by atoms with E-state index in [0.717, 1.165) is 89.9 Å². The minimum atomic E-state index is -0.534. The van der Waals surface area contributed by atoms with E-state index in [9.17, 15) is 19.2 Å². The van der Waals surface area contributed by atoms with Crippen LogP contribution in [0.3, 0.4) is 0 Å². The molecule has 452 valence electrons. The van der Waals surface area contributed by atoms with Crippen LogP contribution in [0.2, 0.25) is 0 Å². The number of carbonyl (C=O) groups excluding carboxylic acids is 4. The van der Waals surface area contributed by atoms with Crippen molar-refractivity contribution < 1.29 is 42.9 Å². The number of unbranched alkanes of at least 4 members (excludes halogenated alkanes) is 4. The molecule has 2 heterocycles. The zero-order valence-electron chi connectivity index (χ0n) is 50.7. The van der Waals surface area contributed by atoms with E-state index in [2.05, 4.69) is 72.6 Å². The average Bonchev–Trinajstić information content (AvgIpc) is 3.61. The highest BCUT2D eigenvalue weighted by Crippen LogP contribution is 2.30. The van der Waals surface area contributed by atoms with Crippen molar-refractivity contribution in [2.45, 2.75) is 170 Å². The first-order chi connectivity index (χ1) is 40.9. The van der Waals surface area contributed by atoms with Crippen molar-refractivity contribution in [2.75, 3.05) is 55.1 Å². The van der Waals surface area contributed by atoms with E-state index in [1.807, 2.05) is 43.0 Å². The highest BCUT2D eigenvalue weighted by atomic mass is 16.6. The Bertz CT molecular complexity index is 2820. The summed E-state index contributed by atoms with van der Waals surface area (Å²) in [4.78, 5) is 70.3. The minimum absolute atomic E-state index is 0.197. The van der Waals surface area contributed by atoms with Gasteiger partial charge in [0.1, 0.15) is 12.2 Å². The molecule has 1 aliphatic heterocycles. The Morgan fingerprint density at radius 1 is 0.476 bits per heavy atom. The maximum Gasteiger partial charge on any atom is 0.338 e. The van der Waals surface area contributed by atoms with Crippen LogP contribution in [0.4, 0.5) is 52.0 Å². The number of aromatic nitrogens is 3. The number of carbonyl (C=O) groups is 4. The molecule has 0 saturated carbocycles. The molecule has 4 unspecified atom stereocenters. The number of azo groups is 2. The van der Waals surface area contributed by atoms with Gasteiger partial charge in [0, 0.05) is 24.5 Å². The summed E-state index contributed by atoms with van der Waals surface area (Å²) >= 11 is 0. The quantitative estimate of drug-likeness (QED) is 0.0218. The monoisotopic (exact) mass is 1150 g/mol. The smallest absolute Gasteiger partial charge is 0.338 e. The van der Waals surface area contributed by atoms with Gasteiger partial charge in [-0.2, -0.15) is 35.4 Å². The third-order valence-electron chi connectivity index (χ3n) is 14.7. The second-order valence-corrected chi connectivity index (χ2v) is 21.3. The van der Waals surface area contributed by atoms with Gasteiger partial charge in [-0.1, -0.05) is 120 Å². The Morgan fingerprint density at radius 3 is 1.21 bits per heavy atom. The lowest BCUT2D eigenvalue weighted by atomic mass is 10.0. The third-order valence-corrected chi connectivity index (χ3v) is 14.7. The molecule has 1 aromatic heterocycles. The molecule has 0 aliphatic carbocycles. The fraction of sp³-hybridized carbons (Fsp3) is 0.523. The van der Waals surface area contributed by atoms with E-state index in [4.69, 9.17) is 38.6 Å². The summed E-state index contributed by atoms with van der Waals surface area (Å²) < 4.78 is 29.0. The van der Waals surface area contributed by atoms with Crippen molar-refractivity contribution >= 4 is 75.8 Å². The first-order valence-electron chi connectivity index (χ1n) is 30.6. The highest BCUT2D eigenvalue weighted by molar-refractivity contribution is 5.98. The van der Waals surface area contributed by atoms with Crippen molar-refractivity contribution in [1.82, 2.24) is 15.0 Å². The van der Waals surface area contributed by atoms with Crippen molar-refractivity contribution in [3.8, 4) is 0 Å². The number of hydrogen-bond acceptors (Lipinski definition) is 19. The van der Waals surface area contributed by atoms with Gasteiger partial charge in [-0.05, 0) is 135 Å². The number of nitrogens with one attached hydrogen (secondary N) is 2. The molecule has 5 aromatic rings. The summed E-state index contributed by atoms with van der Waals surface area (Å²) in [5.41, 5.74) is 3.75. The molecular formula is C65H88N10O9. The number of morpholine rings is 1. The maximum absolute atomic E-state index is 13.5. The van der Waals surface area contributed by atoms with Crippen molar-refractivity contribution in [1.29, 1.82) is 0 Å². The molecule has 1 fully saturated rings. The molecule has 1 aliphatic rings. The number of ether oxygens (including phenoxy) is 5. The van der Waals surface area contributed by atoms with Gasteiger partial charge in [0.15, 0.2) is 0 Å². The average molecular weight is 1150 g/mol. The Balaban J connectivity index is 1.18. The van der Waals surface area contributed by atoms with Crippen LogP contribution in [0.15, 0.2) is 105 Å². The second kappa shape index (κ2) is 35.5. The van der Waals surface area contributed by atoms with Crippen LogP contribution in [-0.4, -0.2) is 90.6 Å². The van der Waals surface area contributed by atoms with E-state index in [-0.39, 0.29) is 58.2 Å². The Morgan fingerprint density at radius 2 is 0.845 bits per heavy atom. The number of hydrogen-bond donors (Lipinski definition) is 2. The molecule has 1 saturated heterocycles. The second-order valence-electron chi connectivity index (χ2n) is 21.3. The summed E-state index contributed by atoms with van der Waals surface area (Å²) in [6.07, 6.45) is 14.2. The molecule has 19 nitrogen and oxygen atoms in total. The largest absolute Gasteiger partial charge is 0.462 e. The SMILES string of the molecule is CCCCC(CC)COC(=O)c1cc(N=Nc2ccc(Nc3nc(Nc4ccc(N=Nc5cc(C(=O)OC(CC)CCCC)cc(C(=O)OC(CC)CCCC)c5)cc4)nc(N4CCOCC4)n3)cc2)cc(C(=O)OCC(CC)CCCC)c1. The van der Waals surface area contributed by atoms with Gasteiger partial charge in [-0.3, -0.25) is 0 Å². The van der Waals surface area contributed by atoms with Crippen LogP contribution in [0.1, 0.15) is 200 Å². The number of nitrogens with zero attached hydrogens (tertiary/aromatic N) is 8. The van der Waals surface area contributed by atoms with Gasteiger partial charge in [-0.25, -0.2) is 19.2 Å². The summed E-state index contributed by atoms with van der Waals surface area (Å²) in [7, 11) is 0. The van der Waals surface area contributed by atoms with E-state index in [1.165, 1.54) is 12.1 Å². The zero-order valence-corrected chi connectivity index (χ0v) is 50.7. The maximum atomic E-state index is 13.5. The molecule has 6 rings (SSSR count). The van der Waals surface area contributed by atoms with E-state index >= 15 is 0 Å². The normalized spacial score (nSPS) is 14.0. The van der Waals surface area contributed by atoms with Crippen LogP contribution in [0.5, 0.6) is 0 Å². The first kappa shape index (κ1) is 65.5. The predicted octanol–water partition coefficient (Wildman–Crippen LogP) is 17.0. The van der Waals surface area contributed by atoms with E-state index < -0.39 is 23.9 Å². The van der Waals surface area contributed by atoms with E-state index in [1.54, 1.807) is 48.5 Å². The Labute approximate surface area is 496 Å². The Kier molecular flexibility index (Phi) is 27.6. The molecule has 0 bridgehead atoms. The number of esters is 4. The number of anilines is 5. The predicted molar refractivity (Wildman–Crippen MR) is 329 cm³/mol. The molecule has 4 atom stereocenters. The van der Waals surface area contributed by atoms with Gasteiger partial charge >= 0.3 is 23.9 Å². The van der Waals surface area contributed by atoms with Crippen LogP contribution in [0.25, 0.3) is 0 Å².